The van der Waals surface area contributed by atoms with Gasteiger partial charge in [-0.3, -0.25) is 4.79 Å². The van der Waals surface area contributed by atoms with Crippen molar-refractivity contribution in [3.8, 4) is 0 Å². The Kier molecular flexibility index (Phi) is 4.95. The predicted octanol–water partition coefficient (Wildman–Crippen LogP) is 0.557. The molecule has 1 aliphatic rings. The zero-order chi connectivity index (χ0) is 15.5. The number of hydrogen-bond acceptors (Lipinski definition) is 4. The minimum atomic E-state index is -3.01. The molecule has 0 aliphatic carbocycles. The zero-order valence-corrected chi connectivity index (χ0v) is 13.2. The second-order valence-corrected chi connectivity index (χ2v) is 8.01. The topological polar surface area (TPSA) is 89.3 Å². The third kappa shape index (κ3) is 4.25. The number of hydrogen-bond donors (Lipinski definition) is 2. The van der Waals surface area contributed by atoms with Crippen LogP contribution in [0.2, 0.25) is 0 Å². The van der Waals surface area contributed by atoms with E-state index in [4.69, 9.17) is 18.0 Å². The van der Waals surface area contributed by atoms with Gasteiger partial charge >= 0.3 is 0 Å². The summed E-state index contributed by atoms with van der Waals surface area (Å²) in [7, 11) is -3.01. The van der Waals surface area contributed by atoms with E-state index < -0.39 is 15.1 Å². The third-order valence-electron chi connectivity index (χ3n) is 3.59. The van der Waals surface area contributed by atoms with Gasteiger partial charge in [0.2, 0.25) is 5.91 Å². The Morgan fingerprint density at radius 3 is 2.52 bits per heavy atom. The van der Waals surface area contributed by atoms with Crippen LogP contribution in [-0.2, 0) is 21.1 Å². The molecule has 2 rings (SSSR count). The number of benzene rings is 1. The van der Waals surface area contributed by atoms with E-state index in [9.17, 15) is 13.2 Å². The van der Waals surface area contributed by atoms with Crippen LogP contribution in [-0.4, -0.2) is 36.9 Å². The van der Waals surface area contributed by atoms with Crippen LogP contribution >= 0.6 is 12.2 Å². The van der Waals surface area contributed by atoms with Crippen LogP contribution in [0.3, 0.4) is 0 Å². The van der Waals surface area contributed by atoms with Crippen molar-refractivity contribution < 1.29 is 13.2 Å². The fourth-order valence-corrected chi connectivity index (χ4v) is 4.25. The molecule has 0 saturated carbocycles. The summed E-state index contributed by atoms with van der Waals surface area (Å²) in [6, 6.07) is 7.12. The lowest BCUT2D eigenvalue weighted by Gasteiger charge is -2.11. The Bertz CT molecular complexity index is 639. The summed E-state index contributed by atoms with van der Waals surface area (Å²) in [5.74, 6) is 0.0498. The van der Waals surface area contributed by atoms with Crippen molar-refractivity contribution in [1.82, 2.24) is 5.32 Å². The van der Waals surface area contributed by atoms with Gasteiger partial charge in [0.25, 0.3) is 0 Å². The number of sulfone groups is 1. The maximum absolute atomic E-state index is 11.8. The number of thiocarbonyl (C=S) groups is 1. The van der Waals surface area contributed by atoms with E-state index in [0.29, 0.717) is 17.8 Å². The molecule has 1 atom stereocenters. The summed E-state index contributed by atoms with van der Waals surface area (Å²) in [4.78, 5) is 12.2. The molecule has 1 saturated heterocycles. The largest absolute Gasteiger partial charge is 0.389 e. The summed E-state index contributed by atoms with van der Waals surface area (Å²) in [6.45, 7) is 0.201. The van der Waals surface area contributed by atoms with Crippen LogP contribution in [0.5, 0.6) is 0 Å². The number of nitrogens with two attached hydrogens (primary N) is 1. The van der Waals surface area contributed by atoms with Gasteiger partial charge in [-0.1, -0.05) is 36.5 Å². The molecule has 5 nitrogen and oxygen atoms in total. The molecular formula is C14H18N2O3S2. The zero-order valence-electron chi connectivity index (χ0n) is 11.5. The lowest BCUT2D eigenvalue weighted by molar-refractivity contribution is -0.120. The maximum Gasteiger partial charge on any atom is 0.224 e. The normalized spacial score (nSPS) is 20.1. The molecule has 1 heterocycles. The average molecular weight is 326 g/mol. The van der Waals surface area contributed by atoms with Crippen molar-refractivity contribution >= 4 is 33.0 Å². The summed E-state index contributed by atoms with van der Waals surface area (Å²) < 4.78 is 23.3. The molecule has 1 aliphatic heterocycles. The molecule has 1 amide bonds. The van der Waals surface area contributed by atoms with Crippen LogP contribution in [0.15, 0.2) is 24.3 Å². The van der Waals surface area contributed by atoms with E-state index in [-0.39, 0.29) is 24.6 Å². The van der Waals surface area contributed by atoms with Crippen molar-refractivity contribution in [2.45, 2.75) is 24.5 Å². The lowest BCUT2D eigenvalue weighted by atomic mass is 10.1. The van der Waals surface area contributed by atoms with Crippen LogP contribution in [0.25, 0.3) is 0 Å². The Hall–Kier alpha value is -1.47. The van der Waals surface area contributed by atoms with Gasteiger partial charge in [0, 0.05) is 12.1 Å². The van der Waals surface area contributed by atoms with Crippen LogP contribution in [0.4, 0.5) is 0 Å². The summed E-state index contributed by atoms with van der Waals surface area (Å²) in [5, 5.41) is 2.27. The highest BCUT2D eigenvalue weighted by Crippen LogP contribution is 2.19. The van der Waals surface area contributed by atoms with E-state index in [1.807, 2.05) is 0 Å². The number of rotatable bonds is 5. The van der Waals surface area contributed by atoms with E-state index in [2.05, 4.69) is 5.32 Å². The van der Waals surface area contributed by atoms with Gasteiger partial charge in [0.15, 0.2) is 9.84 Å². The van der Waals surface area contributed by atoms with Gasteiger partial charge in [-0.2, -0.15) is 0 Å². The first kappa shape index (κ1) is 15.9. The third-order valence-corrected chi connectivity index (χ3v) is 6.10. The first-order valence-corrected chi connectivity index (χ1v) is 8.88. The fourth-order valence-electron chi connectivity index (χ4n) is 2.35. The molecule has 1 aromatic rings. The van der Waals surface area contributed by atoms with Gasteiger partial charge in [-0.05, 0) is 18.4 Å². The van der Waals surface area contributed by atoms with Gasteiger partial charge in [-0.15, -0.1) is 0 Å². The number of carbonyl (C=O) groups is 1. The average Bonchev–Trinajstić information content (AvgIpc) is 2.76. The van der Waals surface area contributed by atoms with Crippen molar-refractivity contribution in [2.24, 2.45) is 5.73 Å². The smallest absolute Gasteiger partial charge is 0.224 e. The molecular weight excluding hydrogens is 308 g/mol. The molecule has 21 heavy (non-hydrogen) atoms. The van der Waals surface area contributed by atoms with E-state index in [1.165, 1.54) is 0 Å². The first-order valence-electron chi connectivity index (χ1n) is 6.75. The summed E-state index contributed by atoms with van der Waals surface area (Å²) in [5.41, 5.74) is 7.09. The second-order valence-electron chi connectivity index (χ2n) is 5.17. The van der Waals surface area contributed by atoms with Gasteiger partial charge in [-0.25, -0.2) is 8.42 Å². The van der Waals surface area contributed by atoms with Crippen molar-refractivity contribution in [3.63, 3.8) is 0 Å². The van der Waals surface area contributed by atoms with Gasteiger partial charge in [0.05, 0.1) is 17.4 Å². The standard InChI is InChI=1S/C14H18N2O3S2/c15-14(20)11-5-3-10(4-6-11)8-13(17)16-9-12-2-1-7-21(12,18)19/h3-6,12H,1-2,7-9H2,(H2,15,20)(H,16,17). The molecule has 1 unspecified atom stereocenters. The molecule has 0 radical (unpaired) electrons. The highest BCUT2D eigenvalue weighted by molar-refractivity contribution is 7.92. The molecule has 7 heteroatoms. The molecule has 0 bridgehead atoms. The number of carbonyl (C=O) groups excluding carboxylic acids is 1. The Morgan fingerprint density at radius 1 is 1.33 bits per heavy atom. The maximum atomic E-state index is 11.8. The first-order chi connectivity index (χ1) is 9.88. The summed E-state index contributed by atoms with van der Waals surface area (Å²) >= 11 is 4.86. The number of nitrogens with one attached hydrogen (secondary N) is 1. The van der Waals surface area contributed by atoms with Crippen LogP contribution < -0.4 is 11.1 Å². The SMILES string of the molecule is NC(=S)c1ccc(CC(=O)NCC2CCCS2(=O)=O)cc1. The lowest BCUT2D eigenvalue weighted by Crippen LogP contribution is -2.35. The fraction of sp³-hybridized carbons (Fsp3) is 0.429. The van der Waals surface area contributed by atoms with Crippen LogP contribution in [0.1, 0.15) is 24.0 Å². The second kappa shape index (κ2) is 6.53. The molecule has 3 N–H and O–H groups in total. The Labute approximate surface area is 129 Å². The van der Waals surface area contributed by atoms with E-state index in [1.54, 1.807) is 24.3 Å². The minimum Gasteiger partial charge on any atom is -0.389 e. The van der Waals surface area contributed by atoms with Crippen molar-refractivity contribution in [2.75, 3.05) is 12.3 Å². The van der Waals surface area contributed by atoms with Gasteiger partial charge in [0.1, 0.15) is 4.99 Å². The van der Waals surface area contributed by atoms with Crippen molar-refractivity contribution in [3.05, 3.63) is 35.4 Å². The Balaban J connectivity index is 1.86. The van der Waals surface area contributed by atoms with Crippen LogP contribution in [0, 0.1) is 0 Å². The molecule has 1 aromatic carbocycles. The van der Waals surface area contributed by atoms with E-state index >= 15 is 0 Å². The molecule has 0 spiro atoms. The minimum absolute atomic E-state index is 0.180. The molecule has 1 fully saturated rings. The van der Waals surface area contributed by atoms with Gasteiger partial charge < -0.3 is 11.1 Å². The summed E-state index contributed by atoms with van der Waals surface area (Å²) in [6.07, 6.45) is 1.53. The molecule has 0 aromatic heterocycles. The predicted molar refractivity (Wildman–Crippen MR) is 85.9 cm³/mol. The van der Waals surface area contributed by atoms with Crippen molar-refractivity contribution in [1.29, 1.82) is 0 Å². The van der Waals surface area contributed by atoms with E-state index in [0.717, 1.165) is 11.1 Å². The number of amides is 1. The highest BCUT2D eigenvalue weighted by atomic mass is 32.2. The highest BCUT2D eigenvalue weighted by Gasteiger charge is 2.31. The quantitative estimate of drug-likeness (QED) is 0.772. The molecule has 114 valence electrons. The Morgan fingerprint density at radius 2 is 2.00 bits per heavy atom. The monoisotopic (exact) mass is 326 g/mol.